The van der Waals surface area contributed by atoms with E-state index < -0.39 is 13.5 Å². The second-order valence-electron chi connectivity index (χ2n) is 4.91. The third kappa shape index (κ3) is 7.39. The number of halogens is 3. The summed E-state index contributed by atoms with van der Waals surface area (Å²) in [5, 5.41) is 0. The fourth-order valence-electron chi connectivity index (χ4n) is 1.78. The van der Waals surface area contributed by atoms with Gasteiger partial charge in [0.15, 0.2) is 0 Å². The molecule has 1 fully saturated rings. The summed E-state index contributed by atoms with van der Waals surface area (Å²) in [4.78, 5) is 0. The summed E-state index contributed by atoms with van der Waals surface area (Å²) < 4.78 is 40.5. The van der Waals surface area contributed by atoms with E-state index in [2.05, 4.69) is 13.8 Å². The quantitative estimate of drug-likeness (QED) is 0.655. The van der Waals surface area contributed by atoms with Crippen LogP contribution in [-0.2, 0) is 4.74 Å². The Kier molecular flexibility index (Phi) is 7.02. The van der Waals surface area contributed by atoms with Crippen LogP contribution in [0.1, 0.15) is 39.5 Å². The van der Waals surface area contributed by atoms with Crippen molar-refractivity contribution in [1.82, 2.24) is 0 Å². The van der Waals surface area contributed by atoms with E-state index in [1.165, 1.54) is 0 Å². The zero-order valence-electron chi connectivity index (χ0n) is 9.73. The van der Waals surface area contributed by atoms with Crippen LogP contribution in [0.3, 0.4) is 0 Å². The molecule has 0 spiro atoms. The van der Waals surface area contributed by atoms with Crippen LogP contribution >= 0.6 is 0 Å². The van der Waals surface area contributed by atoms with Crippen LogP contribution in [0.15, 0.2) is 0 Å². The number of rotatable bonds is 3. The summed E-state index contributed by atoms with van der Waals surface area (Å²) >= 11 is 0. The van der Waals surface area contributed by atoms with Crippen LogP contribution in [0.25, 0.3) is 0 Å². The SMILES string of the molecule is CC1(C)CCC(OC[B-](F)(F)F)CC1.[K+]. The zero-order valence-corrected chi connectivity index (χ0v) is 12.9. The van der Waals surface area contributed by atoms with Gasteiger partial charge < -0.3 is 17.7 Å². The van der Waals surface area contributed by atoms with Gasteiger partial charge in [-0.1, -0.05) is 13.8 Å². The van der Waals surface area contributed by atoms with E-state index in [-0.39, 0.29) is 62.9 Å². The maximum absolute atomic E-state index is 11.9. The van der Waals surface area contributed by atoms with Crippen molar-refractivity contribution in [2.45, 2.75) is 45.6 Å². The van der Waals surface area contributed by atoms with Gasteiger partial charge in [-0.15, -0.1) is 0 Å². The summed E-state index contributed by atoms with van der Waals surface area (Å²) in [5.41, 5.74) is 0.281. The average molecular weight is 248 g/mol. The van der Waals surface area contributed by atoms with Gasteiger partial charge >= 0.3 is 58.4 Å². The monoisotopic (exact) mass is 248 g/mol. The van der Waals surface area contributed by atoms with E-state index in [0.29, 0.717) is 0 Å². The summed E-state index contributed by atoms with van der Waals surface area (Å²) in [6, 6.07) is 0. The van der Waals surface area contributed by atoms with Gasteiger partial charge in [-0.3, -0.25) is 0 Å². The Morgan fingerprint density at radius 3 is 2.07 bits per heavy atom. The Morgan fingerprint density at radius 2 is 1.67 bits per heavy atom. The minimum Gasteiger partial charge on any atom is -0.447 e. The van der Waals surface area contributed by atoms with E-state index in [1.54, 1.807) is 0 Å². The molecule has 0 atom stereocenters. The third-order valence-electron chi connectivity index (χ3n) is 2.81. The van der Waals surface area contributed by atoms with Crippen molar-refractivity contribution < 1.29 is 69.1 Å². The van der Waals surface area contributed by atoms with Gasteiger partial charge in [-0.25, -0.2) is 0 Å². The molecular formula is C9H17BF3KO. The first kappa shape index (κ1) is 16.5. The molecule has 1 aliphatic carbocycles. The molecule has 1 nitrogen and oxygen atoms in total. The Labute approximate surface area is 132 Å². The van der Waals surface area contributed by atoms with E-state index in [4.69, 9.17) is 4.74 Å². The fraction of sp³-hybridized carbons (Fsp3) is 1.00. The molecule has 1 aliphatic rings. The molecular weight excluding hydrogens is 231 g/mol. The van der Waals surface area contributed by atoms with E-state index in [1.807, 2.05) is 0 Å². The Hall–Kier alpha value is 1.45. The van der Waals surface area contributed by atoms with Crippen LogP contribution in [0.4, 0.5) is 12.9 Å². The number of hydrogen-bond acceptors (Lipinski definition) is 1. The van der Waals surface area contributed by atoms with Gasteiger partial charge in [0.05, 0.1) is 6.10 Å². The van der Waals surface area contributed by atoms with Gasteiger partial charge in [0.2, 0.25) is 0 Å². The molecule has 0 unspecified atom stereocenters. The Balaban J connectivity index is 0.00000196. The first-order valence-electron chi connectivity index (χ1n) is 5.11. The van der Waals surface area contributed by atoms with E-state index >= 15 is 0 Å². The van der Waals surface area contributed by atoms with E-state index in [9.17, 15) is 12.9 Å². The van der Waals surface area contributed by atoms with Crippen molar-refractivity contribution in [2.75, 3.05) is 6.51 Å². The largest absolute Gasteiger partial charge is 1.00 e. The summed E-state index contributed by atoms with van der Waals surface area (Å²) in [6.45, 7) is -1.51. The summed E-state index contributed by atoms with van der Waals surface area (Å²) in [7, 11) is 0. The standard InChI is InChI=1S/C9H17BF3O.K/c1-9(2)5-3-8(4-6-9)14-7-10(11,12)13;/h8H,3-7H2,1-2H3;/q-1;+1. The van der Waals surface area contributed by atoms with Crippen LogP contribution in [0.5, 0.6) is 0 Å². The number of hydrogen-bond donors (Lipinski definition) is 0. The molecule has 0 amide bonds. The topological polar surface area (TPSA) is 9.23 Å². The van der Waals surface area contributed by atoms with Crippen molar-refractivity contribution >= 4 is 6.98 Å². The summed E-state index contributed by atoms with van der Waals surface area (Å²) in [5.74, 6) is 0. The molecule has 1 saturated carbocycles. The van der Waals surface area contributed by atoms with Gasteiger partial charge in [0.1, 0.15) is 0 Å². The third-order valence-corrected chi connectivity index (χ3v) is 2.81. The first-order valence-corrected chi connectivity index (χ1v) is 5.11. The van der Waals surface area contributed by atoms with Crippen molar-refractivity contribution in [1.29, 1.82) is 0 Å². The Morgan fingerprint density at radius 1 is 1.20 bits per heavy atom. The minimum absolute atomic E-state index is 0. The first-order chi connectivity index (χ1) is 6.29. The van der Waals surface area contributed by atoms with E-state index in [0.717, 1.165) is 25.7 Å². The maximum atomic E-state index is 11.9. The predicted octanol–water partition coefficient (Wildman–Crippen LogP) is 0.362. The van der Waals surface area contributed by atoms with Crippen molar-refractivity contribution in [2.24, 2.45) is 5.41 Å². The maximum Gasteiger partial charge on any atom is 1.00 e. The normalized spacial score (nSPS) is 22.2. The van der Waals surface area contributed by atoms with Gasteiger partial charge in [0.25, 0.3) is 0 Å². The summed E-state index contributed by atoms with van der Waals surface area (Å²) in [6.07, 6.45) is 3.27. The van der Waals surface area contributed by atoms with Crippen LogP contribution < -0.4 is 51.4 Å². The molecule has 0 N–H and O–H groups in total. The molecule has 0 bridgehead atoms. The van der Waals surface area contributed by atoms with Gasteiger partial charge in [-0.2, -0.15) is 0 Å². The van der Waals surface area contributed by atoms with Gasteiger partial charge in [-0.05, 0) is 31.1 Å². The zero-order chi connectivity index (χ0) is 10.8. The van der Waals surface area contributed by atoms with Crippen LogP contribution in [0, 0.1) is 5.41 Å². The van der Waals surface area contributed by atoms with Crippen LogP contribution in [-0.4, -0.2) is 19.6 Å². The van der Waals surface area contributed by atoms with Crippen LogP contribution in [0.2, 0.25) is 0 Å². The molecule has 0 radical (unpaired) electrons. The molecule has 84 valence electrons. The molecule has 0 aromatic rings. The van der Waals surface area contributed by atoms with Crippen molar-refractivity contribution in [3.8, 4) is 0 Å². The molecule has 0 heterocycles. The van der Waals surface area contributed by atoms with Crippen molar-refractivity contribution in [3.05, 3.63) is 0 Å². The molecule has 0 aliphatic heterocycles. The van der Waals surface area contributed by atoms with Crippen molar-refractivity contribution in [3.63, 3.8) is 0 Å². The van der Waals surface area contributed by atoms with Gasteiger partial charge in [0, 0.05) is 6.51 Å². The molecule has 0 saturated heterocycles. The average Bonchev–Trinajstić information content (AvgIpc) is 2.01. The number of ether oxygens (including phenoxy) is 1. The fourth-order valence-corrected chi connectivity index (χ4v) is 1.78. The second kappa shape index (κ2) is 6.40. The predicted molar refractivity (Wildman–Crippen MR) is 51.1 cm³/mol. The Bertz CT molecular complexity index is 186. The molecule has 0 aromatic heterocycles. The second-order valence-corrected chi connectivity index (χ2v) is 4.91. The minimum atomic E-state index is -4.78. The smallest absolute Gasteiger partial charge is 0.447 e. The molecule has 0 aromatic carbocycles. The molecule has 1 rings (SSSR count). The molecule has 6 heteroatoms. The molecule has 15 heavy (non-hydrogen) atoms.